The lowest BCUT2D eigenvalue weighted by atomic mass is 9.84. The zero-order valence-corrected chi connectivity index (χ0v) is 8.16. The molecule has 0 N–H and O–H groups in total. The second-order valence-electron chi connectivity index (χ2n) is 3.85. The number of hydrogen-bond acceptors (Lipinski definition) is 2. The molecule has 76 valence electrons. The van der Waals surface area contributed by atoms with Crippen molar-refractivity contribution in [2.45, 2.75) is 19.3 Å². The first-order valence-electron chi connectivity index (χ1n) is 4.30. The van der Waals surface area contributed by atoms with Gasteiger partial charge in [-0.3, -0.25) is 10.1 Å². The number of halogens is 1. The molecule has 1 aromatic rings. The van der Waals surface area contributed by atoms with Crippen molar-refractivity contribution in [3.05, 3.63) is 45.8 Å². The van der Waals surface area contributed by atoms with Crippen LogP contribution in [0.5, 0.6) is 0 Å². The summed E-state index contributed by atoms with van der Waals surface area (Å²) >= 11 is 0. The Labute approximate surface area is 81.7 Å². The lowest BCUT2D eigenvalue weighted by Crippen LogP contribution is -2.28. The van der Waals surface area contributed by atoms with E-state index in [0.717, 1.165) is 0 Å². The maximum absolute atomic E-state index is 13.3. The van der Waals surface area contributed by atoms with Crippen molar-refractivity contribution in [1.29, 1.82) is 0 Å². The van der Waals surface area contributed by atoms with Gasteiger partial charge in [-0.05, 0) is 25.5 Å². The fraction of sp³-hybridized carbons (Fsp3) is 0.400. The van der Waals surface area contributed by atoms with Crippen molar-refractivity contribution in [2.24, 2.45) is 0 Å². The van der Waals surface area contributed by atoms with Crippen LogP contribution in [0.15, 0.2) is 24.3 Å². The Morgan fingerprint density at radius 3 is 2.50 bits per heavy atom. The molecule has 14 heavy (non-hydrogen) atoms. The van der Waals surface area contributed by atoms with E-state index in [0.29, 0.717) is 5.56 Å². The van der Waals surface area contributed by atoms with E-state index in [1.54, 1.807) is 32.0 Å². The van der Waals surface area contributed by atoms with Crippen LogP contribution in [-0.2, 0) is 5.41 Å². The lowest BCUT2D eigenvalue weighted by molar-refractivity contribution is -0.489. The molecule has 0 aromatic heterocycles. The van der Waals surface area contributed by atoms with Crippen LogP contribution in [0.1, 0.15) is 19.4 Å². The van der Waals surface area contributed by atoms with Crippen molar-refractivity contribution in [3.63, 3.8) is 0 Å². The molecule has 1 rings (SSSR count). The van der Waals surface area contributed by atoms with E-state index < -0.39 is 10.3 Å². The third-order valence-corrected chi connectivity index (χ3v) is 2.13. The van der Waals surface area contributed by atoms with Crippen LogP contribution in [0.4, 0.5) is 4.39 Å². The molecule has 1 aromatic carbocycles. The first kappa shape index (κ1) is 10.6. The Morgan fingerprint density at radius 1 is 1.43 bits per heavy atom. The zero-order chi connectivity index (χ0) is 10.8. The summed E-state index contributed by atoms with van der Waals surface area (Å²) in [6.45, 7) is 3.05. The number of hydrogen-bond donors (Lipinski definition) is 0. The monoisotopic (exact) mass is 197 g/mol. The quantitative estimate of drug-likeness (QED) is 0.551. The summed E-state index contributed by atoms with van der Waals surface area (Å²) in [6, 6.07) is 6.15. The van der Waals surface area contributed by atoms with E-state index in [1.165, 1.54) is 6.07 Å². The molecule has 0 unspecified atom stereocenters. The molecule has 4 heteroatoms. The van der Waals surface area contributed by atoms with E-state index in [-0.39, 0.29) is 12.4 Å². The number of rotatable bonds is 3. The Bertz CT molecular complexity index is 350. The van der Waals surface area contributed by atoms with E-state index in [2.05, 4.69) is 0 Å². The molecule has 0 bridgehead atoms. The highest BCUT2D eigenvalue weighted by Gasteiger charge is 2.29. The highest BCUT2D eigenvalue weighted by molar-refractivity contribution is 5.25. The van der Waals surface area contributed by atoms with Crippen molar-refractivity contribution < 1.29 is 9.31 Å². The van der Waals surface area contributed by atoms with Crippen molar-refractivity contribution in [1.82, 2.24) is 0 Å². The fourth-order valence-electron chi connectivity index (χ4n) is 1.42. The molecule has 0 amide bonds. The van der Waals surface area contributed by atoms with Crippen LogP contribution in [0, 0.1) is 15.9 Å². The van der Waals surface area contributed by atoms with Crippen LogP contribution in [0.25, 0.3) is 0 Å². The summed E-state index contributed by atoms with van der Waals surface area (Å²) in [5.41, 5.74) is -0.383. The van der Waals surface area contributed by atoms with Gasteiger partial charge in [-0.15, -0.1) is 0 Å². The van der Waals surface area contributed by atoms with Gasteiger partial charge in [-0.1, -0.05) is 18.2 Å². The molecule has 0 spiro atoms. The van der Waals surface area contributed by atoms with Gasteiger partial charge in [-0.25, -0.2) is 4.39 Å². The minimum atomic E-state index is -0.769. The molecule has 3 nitrogen and oxygen atoms in total. The molecule has 0 fully saturated rings. The predicted octanol–water partition coefficient (Wildman–Crippen LogP) is 2.38. The number of nitro groups is 1. The highest BCUT2D eigenvalue weighted by Crippen LogP contribution is 2.25. The summed E-state index contributed by atoms with van der Waals surface area (Å²) in [6.07, 6.45) is 0. The van der Waals surface area contributed by atoms with Crippen LogP contribution in [-0.4, -0.2) is 11.5 Å². The second kappa shape index (κ2) is 3.74. The van der Waals surface area contributed by atoms with E-state index >= 15 is 0 Å². The van der Waals surface area contributed by atoms with E-state index in [9.17, 15) is 14.5 Å². The largest absolute Gasteiger partial charge is 0.265 e. The standard InChI is InChI=1S/C10H12FNO2/c1-10(2,7-12(13)14)8-5-3-4-6-9(8)11/h3-6H,7H2,1-2H3. The van der Waals surface area contributed by atoms with Gasteiger partial charge < -0.3 is 0 Å². The van der Waals surface area contributed by atoms with E-state index in [1.807, 2.05) is 0 Å². The minimum Gasteiger partial charge on any atom is -0.265 e. The molecule has 0 atom stereocenters. The van der Waals surface area contributed by atoms with Crippen molar-refractivity contribution in [2.75, 3.05) is 6.54 Å². The maximum atomic E-state index is 13.3. The molecular formula is C10H12FNO2. The van der Waals surface area contributed by atoms with Crippen LogP contribution in [0.2, 0.25) is 0 Å². The molecule has 0 radical (unpaired) electrons. The maximum Gasteiger partial charge on any atom is 0.213 e. The summed E-state index contributed by atoms with van der Waals surface area (Å²) < 4.78 is 13.3. The zero-order valence-electron chi connectivity index (χ0n) is 8.16. The van der Waals surface area contributed by atoms with Gasteiger partial charge in [0.2, 0.25) is 6.54 Å². The summed E-state index contributed by atoms with van der Waals surface area (Å²) in [7, 11) is 0. The first-order valence-corrected chi connectivity index (χ1v) is 4.30. The Morgan fingerprint density at radius 2 is 2.00 bits per heavy atom. The third kappa shape index (κ3) is 2.28. The van der Waals surface area contributed by atoms with Gasteiger partial charge in [0.1, 0.15) is 5.82 Å². The SMILES string of the molecule is CC(C)(C[N+](=O)[O-])c1ccccc1F. The molecule has 0 saturated heterocycles. The number of benzene rings is 1. The van der Waals surface area contributed by atoms with Gasteiger partial charge in [-0.2, -0.15) is 0 Å². The Hall–Kier alpha value is -1.45. The minimum absolute atomic E-state index is 0.270. The average Bonchev–Trinajstić information content (AvgIpc) is 2.02. The number of nitrogens with zero attached hydrogens (tertiary/aromatic N) is 1. The van der Waals surface area contributed by atoms with Gasteiger partial charge in [0, 0.05) is 4.92 Å². The van der Waals surface area contributed by atoms with Crippen LogP contribution < -0.4 is 0 Å². The summed E-state index contributed by atoms with van der Waals surface area (Å²) in [5, 5.41) is 10.4. The fourth-order valence-corrected chi connectivity index (χ4v) is 1.42. The second-order valence-corrected chi connectivity index (χ2v) is 3.85. The van der Waals surface area contributed by atoms with Gasteiger partial charge in [0.25, 0.3) is 0 Å². The molecule has 0 heterocycles. The van der Waals surface area contributed by atoms with Crippen LogP contribution in [0.3, 0.4) is 0 Å². The van der Waals surface area contributed by atoms with Gasteiger partial charge in [0.15, 0.2) is 0 Å². The van der Waals surface area contributed by atoms with Crippen molar-refractivity contribution in [3.8, 4) is 0 Å². The summed E-state index contributed by atoms with van der Waals surface area (Å²) in [5.74, 6) is -0.389. The summed E-state index contributed by atoms with van der Waals surface area (Å²) in [4.78, 5) is 9.96. The third-order valence-electron chi connectivity index (χ3n) is 2.13. The van der Waals surface area contributed by atoms with Gasteiger partial charge >= 0.3 is 0 Å². The van der Waals surface area contributed by atoms with Crippen molar-refractivity contribution >= 4 is 0 Å². The first-order chi connectivity index (χ1) is 6.43. The predicted molar refractivity (Wildman–Crippen MR) is 51.3 cm³/mol. The highest BCUT2D eigenvalue weighted by atomic mass is 19.1. The smallest absolute Gasteiger partial charge is 0.213 e. The Kier molecular flexibility index (Phi) is 2.84. The van der Waals surface area contributed by atoms with Gasteiger partial charge in [0.05, 0.1) is 5.41 Å². The molecule has 0 aliphatic carbocycles. The average molecular weight is 197 g/mol. The topological polar surface area (TPSA) is 43.1 Å². The van der Waals surface area contributed by atoms with E-state index in [4.69, 9.17) is 0 Å². The molecule has 0 aliphatic rings. The normalized spacial score (nSPS) is 11.4. The molecule has 0 saturated carbocycles. The molecule has 0 aliphatic heterocycles. The molecular weight excluding hydrogens is 185 g/mol. The Balaban J connectivity index is 3.03. The lowest BCUT2D eigenvalue weighted by Gasteiger charge is -2.20. The van der Waals surface area contributed by atoms with Crippen LogP contribution >= 0.6 is 0 Å².